The molecule has 3 heteroatoms. The van der Waals surface area contributed by atoms with E-state index in [1.165, 1.54) is 0 Å². The van der Waals surface area contributed by atoms with Crippen LogP contribution in [0.3, 0.4) is 0 Å². The first kappa shape index (κ1) is 13.8. The Hall–Kier alpha value is -1.64. The molecule has 19 heavy (non-hydrogen) atoms. The lowest BCUT2D eigenvalue weighted by Gasteiger charge is -2.28. The first-order valence-electron chi connectivity index (χ1n) is 6.91. The van der Waals surface area contributed by atoms with Crippen molar-refractivity contribution >= 4 is 11.8 Å². The van der Waals surface area contributed by atoms with Crippen LogP contribution in [0.5, 0.6) is 0 Å². The number of benzene rings is 1. The lowest BCUT2D eigenvalue weighted by Crippen LogP contribution is -2.28. The number of hydrogen-bond acceptors (Lipinski definition) is 2. The van der Waals surface area contributed by atoms with Gasteiger partial charge in [-0.15, -0.1) is 0 Å². The number of carboxylic acids is 1. The van der Waals surface area contributed by atoms with E-state index in [0.29, 0.717) is 12.8 Å². The van der Waals surface area contributed by atoms with Crippen LogP contribution in [0.15, 0.2) is 24.3 Å². The highest BCUT2D eigenvalue weighted by Gasteiger charge is 2.32. The van der Waals surface area contributed by atoms with Crippen molar-refractivity contribution < 1.29 is 14.7 Å². The zero-order chi connectivity index (χ0) is 13.8. The molecule has 0 bridgehead atoms. The van der Waals surface area contributed by atoms with E-state index >= 15 is 0 Å². The van der Waals surface area contributed by atoms with E-state index in [-0.39, 0.29) is 17.6 Å². The highest BCUT2D eigenvalue weighted by Crippen LogP contribution is 2.33. The molecule has 102 valence electrons. The van der Waals surface area contributed by atoms with Gasteiger partial charge < -0.3 is 5.11 Å². The van der Waals surface area contributed by atoms with Crippen LogP contribution in [-0.2, 0) is 4.79 Å². The minimum absolute atomic E-state index is 0.00152. The molecule has 2 atom stereocenters. The van der Waals surface area contributed by atoms with E-state index < -0.39 is 5.97 Å². The molecule has 0 spiro atoms. The Balaban J connectivity index is 2.09. The van der Waals surface area contributed by atoms with E-state index in [2.05, 4.69) is 0 Å². The summed E-state index contributed by atoms with van der Waals surface area (Å²) in [7, 11) is 0. The van der Waals surface area contributed by atoms with E-state index in [1.54, 1.807) is 0 Å². The average Bonchev–Trinajstić information content (AvgIpc) is 2.39. The van der Waals surface area contributed by atoms with Gasteiger partial charge in [0.1, 0.15) is 0 Å². The van der Waals surface area contributed by atoms with Crippen LogP contribution < -0.4 is 0 Å². The lowest BCUT2D eigenvalue weighted by molar-refractivity contribution is -0.144. The molecule has 1 saturated carbocycles. The molecule has 1 aliphatic rings. The molecule has 1 aliphatic carbocycles. The number of ketones is 1. The molecular formula is C16H20O3. The normalized spacial score (nSPS) is 23.0. The number of aliphatic carboxylic acids is 1. The largest absolute Gasteiger partial charge is 0.481 e. The second-order valence-electron chi connectivity index (χ2n) is 5.43. The smallest absolute Gasteiger partial charge is 0.306 e. The molecular weight excluding hydrogens is 240 g/mol. The highest BCUT2D eigenvalue weighted by molar-refractivity contribution is 5.97. The molecule has 2 unspecified atom stereocenters. The summed E-state index contributed by atoms with van der Waals surface area (Å²) in [5.74, 6) is -1.02. The van der Waals surface area contributed by atoms with Crippen LogP contribution in [0.1, 0.15) is 48.0 Å². The van der Waals surface area contributed by atoms with Gasteiger partial charge in [0.25, 0.3) is 0 Å². The number of carbonyl (C=O) groups is 2. The van der Waals surface area contributed by atoms with Gasteiger partial charge in [0, 0.05) is 12.0 Å². The molecule has 0 aromatic heterocycles. The topological polar surface area (TPSA) is 54.4 Å². The van der Waals surface area contributed by atoms with Crippen molar-refractivity contribution in [2.45, 2.75) is 39.0 Å². The molecule has 1 aromatic rings. The average molecular weight is 260 g/mol. The van der Waals surface area contributed by atoms with Gasteiger partial charge in [-0.05, 0) is 31.2 Å². The van der Waals surface area contributed by atoms with Gasteiger partial charge in [0.05, 0.1) is 5.92 Å². The fourth-order valence-electron chi connectivity index (χ4n) is 3.01. The second kappa shape index (κ2) is 6.00. The van der Waals surface area contributed by atoms with Crippen LogP contribution in [0.2, 0.25) is 0 Å². The van der Waals surface area contributed by atoms with E-state index in [0.717, 1.165) is 30.4 Å². The van der Waals surface area contributed by atoms with Crippen LogP contribution in [0.4, 0.5) is 0 Å². The molecule has 0 aliphatic heterocycles. The summed E-state index contributed by atoms with van der Waals surface area (Å²) in [6.07, 6.45) is 3.93. The summed E-state index contributed by atoms with van der Waals surface area (Å²) >= 11 is 0. The summed E-state index contributed by atoms with van der Waals surface area (Å²) in [5.41, 5.74) is 1.70. The van der Waals surface area contributed by atoms with E-state index in [9.17, 15) is 14.7 Å². The summed E-state index contributed by atoms with van der Waals surface area (Å²) in [6, 6.07) is 7.52. The molecule has 0 amide bonds. The van der Waals surface area contributed by atoms with Gasteiger partial charge in [0.15, 0.2) is 5.78 Å². The number of hydrogen-bond donors (Lipinski definition) is 1. The molecule has 1 N–H and O–H groups in total. The zero-order valence-corrected chi connectivity index (χ0v) is 11.3. The predicted molar refractivity (Wildman–Crippen MR) is 73.2 cm³/mol. The number of Topliss-reactive ketones (excluding diaryl/α,β-unsaturated/α-hetero) is 1. The number of rotatable bonds is 4. The Morgan fingerprint density at radius 3 is 2.58 bits per heavy atom. The number of aryl methyl sites for hydroxylation is 1. The maximum atomic E-state index is 12.3. The quantitative estimate of drug-likeness (QED) is 0.843. The number of carboxylic acid groups (broad SMARTS) is 1. The Bertz CT molecular complexity index is 479. The first-order valence-corrected chi connectivity index (χ1v) is 6.91. The van der Waals surface area contributed by atoms with E-state index in [1.807, 2.05) is 31.2 Å². The van der Waals surface area contributed by atoms with Crippen molar-refractivity contribution in [3.63, 3.8) is 0 Å². The van der Waals surface area contributed by atoms with Gasteiger partial charge in [0.2, 0.25) is 0 Å². The van der Waals surface area contributed by atoms with Crippen molar-refractivity contribution in [1.82, 2.24) is 0 Å². The van der Waals surface area contributed by atoms with Crippen molar-refractivity contribution in [2.75, 3.05) is 0 Å². The molecule has 2 rings (SSSR count). The van der Waals surface area contributed by atoms with Crippen molar-refractivity contribution in [1.29, 1.82) is 0 Å². The fraction of sp³-hybridized carbons (Fsp3) is 0.500. The van der Waals surface area contributed by atoms with Crippen molar-refractivity contribution in [3.05, 3.63) is 35.4 Å². The Labute approximate surface area is 113 Å². The predicted octanol–water partition coefficient (Wildman–Crippen LogP) is 3.46. The third kappa shape index (κ3) is 3.22. The standard InChI is InChI=1S/C16H20O3/c1-11-6-2-4-8-13(11)15(17)10-12-7-3-5-9-14(12)16(18)19/h2,4,6,8,12,14H,3,5,7,9-10H2,1H3,(H,18,19). The third-order valence-electron chi connectivity index (χ3n) is 4.12. The van der Waals surface area contributed by atoms with Crippen LogP contribution in [0, 0.1) is 18.8 Å². The van der Waals surface area contributed by atoms with Gasteiger partial charge in [-0.1, -0.05) is 37.1 Å². The molecule has 0 saturated heterocycles. The first-order chi connectivity index (χ1) is 9.09. The molecule has 0 heterocycles. The van der Waals surface area contributed by atoms with Gasteiger partial charge >= 0.3 is 5.97 Å². The van der Waals surface area contributed by atoms with Gasteiger partial charge in [-0.2, -0.15) is 0 Å². The Kier molecular flexibility index (Phi) is 4.35. The zero-order valence-electron chi connectivity index (χ0n) is 11.3. The third-order valence-corrected chi connectivity index (χ3v) is 4.12. The van der Waals surface area contributed by atoms with Gasteiger partial charge in [-0.25, -0.2) is 0 Å². The summed E-state index contributed by atoms with van der Waals surface area (Å²) < 4.78 is 0. The van der Waals surface area contributed by atoms with Crippen molar-refractivity contribution in [2.24, 2.45) is 11.8 Å². The Morgan fingerprint density at radius 2 is 1.89 bits per heavy atom. The van der Waals surface area contributed by atoms with Crippen LogP contribution in [0.25, 0.3) is 0 Å². The number of carbonyl (C=O) groups excluding carboxylic acids is 1. The van der Waals surface area contributed by atoms with Gasteiger partial charge in [-0.3, -0.25) is 9.59 Å². The summed E-state index contributed by atoms with van der Waals surface area (Å²) in [5, 5.41) is 9.24. The summed E-state index contributed by atoms with van der Waals surface area (Å²) in [6.45, 7) is 1.92. The highest BCUT2D eigenvalue weighted by atomic mass is 16.4. The second-order valence-corrected chi connectivity index (χ2v) is 5.43. The van der Waals surface area contributed by atoms with Crippen LogP contribution >= 0.6 is 0 Å². The molecule has 1 fully saturated rings. The van der Waals surface area contributed by atoms with Crippen LogP contribution in [-0.4, -0.2) is 16.9 Å². The van der Waals surface area contributed by atoms with Crippen molar-refractivity contribution in [3.8, 4) is 0 Å². The minimum Gasteiger partial charge on any atom is -0.481 e. The Morgan fingerprint density at radius 1 is 1.21 bits per heavy atom. The molecule has 1 aromatic carbocycles. The SMILES string of the molecule is Cc1ccccc1C(=O)CC1CCCCC1C(=O)O. The maximum Gasteiger partial charge on any atom is 0.306 e. The summed E-state index contributed by atoms with van der Waals surface area (Å²) in [4.78, 5) is 23.5. The van der Waals surface area contributed by atoms with E-state index in [4.69, 9.17) is 0 Å². The fourth-order valence-corrected chi connectivity index (χ4v) is 3.01. The lowest BCUT2D eigenvalue weighted by atomic mass is 9.76. The molecule has 3 nitrogen and oxygen atoms in total. The minimum atomic E-state index is -0.748. The molecule has 0 radical (unpaired) electrons. The monoisotopic (exact) mass is 260 g/mol. The maximum absolute atomic E-state index is 12.3.